The Morgan fingerprint density at radius 3 is 2.50 bits per heavy atom. The van der Waals surface area contributed by atoms with Gasteiger partial charge in [-0.15, -0.1) is 6.58 Å². The molecule has 0 aliphatic carbocycles. The summed E-state index contributed by atoms with van der Waals surface area (Å²) in [5.41, 5.74) is 4.71. The van der Waals surface area contributed by atoms with Crippen LogP contribution in [-0.4, -0.2) is 37.8 Å². The van der Waals surface area contributed by atoms with E-state index < -0.39 is 27.3 Å². The van der Waals surface area contributed by atoms with E-state index >= 15 is 0 Å². The standard InChI is InChI=1S/C28H27N3O4S/c1-3-26(36(34,35)31-18-24(29-28(31)33)20-7-5-4-6-8-20)23-13-14-25-22(17-23)15-16-30(25)27(32)21-11-9-19(2)10-12-21/h3-14,17,24,26H,1,15-16,18H2,2H3,(H,29,33). The van der Waals surface area contributed by atoms with Gasteiger partial charge in [0.15, 0.2) is 0 Å². The maximum Gasteiger partial charge on any atom is 0.331 e. The molecule has 5 rings (SSSR count). The first-order valence-corrected chi connectivity index (χ1v) is 13.3. The third-order valence-electron chi connectivity index (χ3n) is 6.79. The van der Waals surface area contributed by atoms with Crippen LogP contribution in [0, 0.1) is 6.92 Å². The number of hydrogen-bond donors (Lipinski definition) is 1. The van der Waals surface area contributed by atoms with Crippen LogP contribution in [0.2, 0.25) is 0 Å². The second-order valence-corrected chi connectivity index (χ2v) is 11.1. The van der Waals surface area contributed by atoms with Crippen LogP contribution < -0.4 is 10.2 Å². The van der Waals surface area contributed by atoms with Crippen molar-refractivity contribution in [2.24, 2.45) is 0 Å². The van der Waals surface area contributed by atoms with Gasteiger partial charge in [0.2, 0.25) is 10.0 Å². The highest BCUT2D eigenvalue weighted by Crippen LogP contribution is 2.36. The lowest BCUT2D eigenvalue weighted by Gasteiger charge is -2.23. The van der Waals surface area contributed by atoms with Gasteiger partial charge >= 0.3 is 6.03 Å². The molecule has 0 bridgehead atoms. The van der Waals surface area contributed by atoms with E-state index in [-0.39, 0.29) is 12.5 Å². The summed E-state index contributed by atoms with van der Waals surface area (Å²) in [5.74, 6) is -0.0879. The molecule has 2 atom stereocenters. The fraction of sp³-hybridized carbons (Fsp3) is 0.214. The molecule has 0 saturated carbocycles. The Bertz CT molecular complexity index is 1440. The summed E-state index contributed by atoms with van der Waals surface area (Å²) in [7, 11) is -4.07. The van der Waals surface area contributed by atoms with Crippen LogP contribution in [-0.2, 0) is 16.4 Å². The lowest BCUT2D eigenvalue weighted by Crippen LogP contribution is -2.37. The van der Waals surface area contributed by atoms with Crippen molar-refractivity contribution in [3.8, 4) is 0 Å². The van der Waals surface area contributed by atoms with Gasteiger partial charge in [-0.25, -0.2) is 17.5 Å². The number of benzene rings is 3. The molecule has 7 nitrogen and oxygen atoms in total. The van der Waals surface area contributed by atoms with Crippen molar-refractivity contribution in [2.45, 2.75) is 24.6 Å². The first kappa shape index (κ1) is 23.8. The number of rotatable bonds is 6. The van der Waals surface area contributed by atoms with Crippen LogP contribution in [0.4, 0.5) is 10.5 Å². The summed E-state index contributed by atoms with van der Waals surface area (Å²) >= 11 is 0. The molecule has 8 heteroatoms. The van der Waals surface area contributed by atoms with Gasteiger partial charge in [-0.05, 0) is 48.2 Å². The second-order valence-electron chi connectivity index (χ2n) is 9.11. The van der Waals surface area contributed by atoms with E-state index in [2.05, 4.69) is 11.9 Å². The number of carbonyl (C=O) groups excluding carboxylic acids is 2. The van der Waals surface area contributed by atoms with Crippen molar-refractivity contribution in [3.05, 3.63) is 113 Å². The molecule has 36 heavy (non-hydrogen) atoms. The highest BCUT2D eigenvalue weighted by molar-refractivity contribution is 7.90. The molecule has 0 radical (unpaired) electrons. The predicted molar refractivity (Wildman–Crippen MR) is 139 cm³/mol. The zero-order chi connectivity index (χ0) is 25.4. The number of amides is 3. The smallest absolute Gasteiger partial charge is 0.328 e. The molecule has 1 fully saturated rings. The van der Waals surface area contributed by atoms with Gasteiger partial charge in [-0.3, -0.25) is 4.79 Å². The Hall–Kier alpha value is -3.91. The zero-order valence-electron chi connectivity index (χ0n) is 19.9. The number of aryl methyl sites for hydroxylation is 1. The first-order valence-electron chi connectivity index (χ1n) is 11.8. The van der Waals surface area contributed by atoms with Crippen molar-refractivity contribution in [3.63, 3.8) is 0 Å². The van der Waals surface area contributed by atoms with Crippen LogP contribution in [0.3, 0.4) is 0 Å². The zero-order valence-corrected chi connectivity index (χ0v) is 20.7. The molecule has 184 valence electrons. The molecule has 0 aromatic heterocycles. The average molecular weight is 502 g/mol. The third kappa shape index (κ3) is 4.18. The summed E-state index contributed by atoms with van der Waals surface area (Å²) in [6.07, 6.45) is 1.97. The number of carbonyl (C=O) groups is 2. The summed E-state index contributed by atoms with van der Waals surface area (Å²) in [4.78, 5) is 27.5. The molecule has 2 heterocycles. The number of fused-ring (bicyclic) bond motifs is 1. The predicted octanol–water partition coefficient (Wildman–Crippen LogP) is 4.52. The van der Waals surface area contributed by atoms with Crippen LogP contribution in [0.15, 0.2) is 85.5 Å². The van der Waals surface area contributed by atoms with E-state index in [9.17, 15) is 18.0 Å². The number of nitrogens with one attached hydrogen (secondary N) is 1. The Kier molecular flexibility index (Phi) is 6.14. The van der Waals surface area contributed by atoms with Gasteiger partial charge in [0.25, 0.3) is 5.91 Å². The quantitative estimate of drug-likeness (QED) is 0.503. The molecule has 3 aromatic carbocycles. The van der Waals surface area contributed by atoms with E-state index in [1.807, 2.05) is 67.6 Å². The molecular weight excluding hydrogens is 474 g/mol. The van der Waals surface area contributed by atoms with Gasteiger partial charge in [0.05, 0.1) is 12.6 Å². The Balaban J connectivity index is 1.39. The fourth-order valence-corrected chi connectivity index (χ4v) is 6.49. The number of nitrogens with zero attached hydrogens (tertiary/aromatic N) is 2. The topological polar surface area (TPSA) is 86.8 Å². The Morgan fingerprint density at radius 2 is 1.81 bits per heavy atom. The largest absolute Gasteiger partial charge is 0.331 e. The SMILES string of the molecule is C=CC(c1ccc2c(c1)CCN2C(=O)c1ccc(C)cc1)S(=O)(=O)N1CC(c2ccccc2)NC1=O. The van der Waals surface area contributed by atoms with E-state index in [0.717, 1.165) is 26.7 Å². The summed E-state index contributed by atoms with van der Waals surface area (Å²) in [5, 5.41) is 1.67. The lowest BCUT2D eigenvalue weighted by molar-refractivity contribution is 0.0989. The van der Waals surface area contributed by atoms with Gasteiger partial charge in [0, 0.05) is 17.8 Å². The first-order chi connectivity index (χ1) is 17.3. The molecule has 1 N–H and O–H groups in total. The Morgan fingerprint density at radius 1 is 1.08 bits per heavy atom. The van der Waals surface area contributed by atoms with E-state index in [1.54, 1.807) is 17.0 Å². The van der Waals surface area contributed by atoms with Crippen LogP contribution >= 0.6 is 0 Å². The van der Waals surface area contributed by atoms with E-state index in [1.165, 1.54) is 6.08 Å². The summed E-state index contributed by atoms with van der Waals surface area (Å²) < 4.78 is 28.0. The van der Waals surface area contributed by atoms with Gasteiger partial charge in [-0.2, -0.15) is 0 Å². The molecule has 3 amide bonds. The maximum absolute atomic E-state index is 13.6. The highest BCUT2D eigenvalue weighted by atomic mass is 32.2. The van der Waals surface area contributed by atoms with E-state index in [0.29, 0.717) is 24.1 Å². The summed E-state index contributed by atoms with van der Waals surface area (Å²) in [6, 6.07) is 21.0. The molecule has 1 saturated heterocycles. The number of anilines is 1. The van der Waals surface area contributed by atoms with Crippen molar-refractivity contribution in [1.82, 2.24) is 9.62 Å². The van der Waals surface area contributed by atoms with Crippen molar-refractivity contribution in [1.29, 1.82) is 0 Å². The van der Waals surface area contributed by atoms with Crippen molar-refractivity contribution < 1.29 is 18.0 Å². The van der Waals surface area contributed by atoms with Crippen molar-refractivity contribution in [2.75, 3.05) is 18.0 Å². The normalized spacial score (nSPS) is 18.0. The van der Waals surface area contributed by atoms with Crippen molar-refractivity contribution >= 4 is 27.6 Å². The Labute approximate surface area is 211 Å². The molecule has 0 spiro atoms. The van der Waals surface area contributed by atoms with Gasteiger partial charge in [-0.1, -0.05) is 66.2 Å². The lowest BCUT2D eigenvalue weighted by atomic mass is 10.1. The number of urea groups is 1. The maximum atomic E-state index is 13.6. The minimum Gasteiger partial charge on any atom is -0.328 e. The van der Waals surface area contributed by atoms with E-state index in [4.69, 9.17) is 0 Å². The van der Waals surface area contributed by atoms with Crippen LogP contribution in [0.25, 0.3) is 0 Å². The molecule has 2 aliphatic rings. The number of sulfonamides is 1. The molecule has 2 unspecified atom stereocenters. The monoisotopic (exact) mass is 501 g/mol. The highest BCUT2D eigenvalue weighted by Gasteiger charge is 2.42. The van der Waals surface area contributed by atoms with Gasteiger partial charge in [0.1, 0.15) is 5.25 Å². The average Bonchev–Trinajstić information content (AvgIpc) is 3.49. The summed E-state index contributed by atoms with van der Waals surface area (Å²) in [6.45, 7) is 6.26. The minimum atomic E-state index is -4.07. The third-order valence-corrected chi connectivity index (χ3v) is 8.82. The number of hydrogen-bond acceptors (Lipinski definition) is 4. The van der Waals surface area contributed by atoms with Gasteiger partial charge < -0.3 is 10.2 Å². The second kappa shape index (κ2) is 9.28. The molecule has 3 aromatic rings. The molecular formula is C28H27N3O4S. The van der Waals surface area contributed by atoms with Crippen LogP contribution in [0.1, 0.15) is 43.9 Å². The van der Waals surface area contributed by atoms with Crippen LogP contribution in [0.5, 0.6) is 0 Å². The fourth-order valence-electron chi connectivity index (χ4n) is 4.84. The minimum absolute atomic E-state index is 0.0132. The molecule has 2 aliphatic heterocycles.